The molecule has 1 heterocycles. The van der Waals surface area contributed by atoms with Crippen molar-refractivity contribution < 1.29 is 13.2 Å². The summed E-state index contributed by atoms with van der Waals surface area (Å²) in [5.74, 6) is 0.330. The van der Waals surface area contributed by atoms with E-state index in [2.05, 4.69) is 19.2 Å². The fraction of sp³-hybridized carbons (Fsp3) is 0.923. The third-order valence-electron chi connectivity index (χ3n) is 3.90. The molecule has 112 valence electrons. The maximum Gasteiger partial charge on any atom is 0.238 e. The lowest BCUT2D eigenvalue weighted by Crippen LogP contribution is -2.52. The van der Waals surface area contributed by atoms with Crippen LogP contribution >= 0.6 is 0 Å². The minimum absolute atomic E-state index is 0.142. The normalized spacial score (nSPS) is 21.6. The first-order chi connectivity index (χ1) is 8.90. The lowest BCUT2D eigenvalue weighted by atomic mass is 10.0. The number of sulfonamides is 1. The van der Waals surface area contributed by atoms with Crippen molar-refractivity contribution in [2.45, 2.75) is 52.0 Å². The SMILES string of the molecule is CCC(CC)CNC(=O)C1CCCCN1S(C)(=O)=O. The predicted molar refractivity (Wildman–Crippen MR) is 76.3 cm³/mol. The van der Waals surface area contributed by atoms with Gasteiger partial charge in [0.05, 0.1) is 6.26 Å². The molecule has 0 bridgehead atoms. The molecule has 1 aliphatic rings. The molecule has 1 saturated heterocycles. The fourth-order valence-corrected chi connectivity index (χ4v) is 3.63. The summed E-state index contributed by atoms with van der Waals surface area (Å²) >= 11 is 0. The van der Waals surface area contributed by atoms with Gasteiger partial charge in [0.2, 0.25) is 15.9 Å². The van der Waals surface area contributed by atoms with E-state index in [9.17, 15) is 13.2 Å². The second-order valence-corrected chi connectivity index (χ2v) is 7.25. The summed E-state index contributed by atoms with van der Waals surface area (Å²) in [4.78, 5) is 12.2. The van der Waals surface area contributed by atoms with Crippen LogP contribution in [-0.4, -0.2) is 44.0 Å². The zero-order chi connectivity index (χ0) is 14.5. The van der Waals surface area contributed by atoms with Crippen molar-refractivity contribution in [2.75, 3.05) is 19.3 Å². The van der Waals surface area contributed by atoms with Crippen molar-refractivity contribution in [2.24, 2.45) is 5.92 Å². The zero-order valence-electron chi connectivity index (χ0n) is 12.2. The van der Waals surface area contributed by atoms with E-state index >= 15 is 0 Å². The zero-order valence-corrected chi connectivity index (χ0v) is 13.0. The van der Waals surface area contributed by atoms with Crippen LogP contribution in [0.5, 0.6) is 0 Å². The van der Waals surface area contributed by atoms with E-state index in [0.717, 1.165) is 25.7 Å². The Kier molecular flexibility index (Phi) is 6.26. The van der Waals surface area contributed by atoms with Crippen molar-refractivity contribution in [3.63, 3.8) is 0 Å². The maximum absolute atomic E-state index is 12.2. The Bertz CT molecular complexity index is 391. The largest absolute Gasteiger partial charge is 0.354 e. The highest BCUT2D eigenvalue weighted by molar-refractivity contribution is 7.88. The molecular weight excluding hydrogens is 264 g/mol. The van der Waals surface area contributed by atoms with E-state index in [4.69, 9.17) is 0 Å². The third kappa shape index (κ3) is 4.76. The van der Waals surface area contributed by atoms with Crippen LogP contribution in [0.3, 0.4) is 0 Å². The van der Waals surface area contributed by atoms with E-state index in [-0.39, 0.29) is 5.91 Å². The molecule has 0 aromatic rings. The molecule has 1 N–H and O–H groups in total. The minimum Gasteiger partial charge on any atom is -0.354 e. The second-order valence-electron chi connectivity index (χ2n) is 5.31. The first kappa shape index (κ1) is 16.4. The monoisotopic (exact) mass is 290 g/mol. The Hall–Kier alpha value is -0.620. The number of rotatable bonds is 6. The molecule has 0 aliphatic carbocycles. The number of carbonyl (C=O) groups excluding carboxylic acids is 1. The van der Waals surface area contributed by atoms with Gasteiger partial charge in [-0.2, -0.15) is 4.31 Å². The van der Waals surface area contributed by atoms with Gasteiger partial charge in [-0.05, 0) is 18.8 Å². The van der Waals surface area contributed by atoms with Gasteiger partial charge < -0.3 is 5.32 Å². The van der Waals surface area contributed by atoms with Gasteiger partial charge in [-0.25, -0.2) is 8.42 Å². The molecule has 6 heteroatoms. The molecule has 0 aromatic carbocycles. The lowest BCUT2D eigenvalue weighted by Gasteiger charge is -2.32. The average molecular weight is 290 g/mol. The molecule has 1 atom stereocenters. The molecule has 19 heavy (non-hydrogen) atoms. The summed E-state index contributed by atoms with van der Waals surface area (Å²) in [5, 5.41) is 2.91. The molecule has 5 nitrogen and oxygen atoms in total. The summed E-state index contributed by atoms with van der Waals surface area (Å²) in [6, 6.07) is -0.516. The molecule has 0 saturated carbocycles. The van der Waals surface area contributed by atoms with Gasteiger partial charge in [-0.3, -0.25) is 4.79 Å². The Balaban J connectivity index is 2.63. The van der Waals surface area contributed by atoms with Gasteiger partial charge in [0.1, 0.15) is 6.04 Å². The first-order valence-corrected chi connectivity index (χ1v) is 8.99. The van der Waals surface area contributed by atoms with Crippen molar-refractivity contribution >= 4 is 15.9 Å². The first-order valence-electron chi connectivity index (χ1n) is 7.14. The highest BCUT2D eigenvalue weighted by Gasteiger charge is 2.34. The topological polar surface area (TPSA) is 66.5 Å². The quantitative estimate of drug-likeness (QED) is 0.803. The smallest absolute Gasteiger partial charge is 0.238 e. The molecule has 1 amide bonds. The van der Waals surface area contributed by atoms with E-state index in [0.29, 0.717) is 25.4 Å². The van der Waals surface area contributed by atoms with Crippen LogP contribution in [-0.2, 0) is 14.8 Å². The highest BCUT2D eigenvalue weighted by Crippen LogP contribution is 2.20. The number of hydrogen-bond acceptors (Lipinski definition) is 3. The number of hydrogen-bond donors (Lipinski definition) is 1. The van der Waals surface area contributed by atoms with Crippen molar-refractivity contribution in [1.29, 1.82) is 0 Å². The molecule has 1 unspecified atom stereocenters. The predicted octanol–water partition coefficient (Wildman–Crippen LogP) is 1.35. The number of nitrogens with zero attached hydrogens (tertiary/aromatic N) is 1. The summed E-state index contributed by atoms with van der Waals surface area (Å²) in [6.45, 7) is 5.30. The second kappa shape index (κ2) is 7.24. The van der Waals surface area contributed by atoms with Gasteiger partial charge in [0.15, 0.2) is 0 Å². The van der Waals surface area contributed by atoms with Crippen molar-refractivity contribution in [3.05, 3.63) is 0 Å². The maximum atomic E-state index is 12.2. The van der Waals surface area contributed by atoms with Crippen LogP contribution in [0.2, 0.25) is 0 Å². The summed E-state index contributed by atoms with van der Waals surface area (Å²) in [6.07, 6.45) is 5.61. The Labute approximate surface area is 116 Å². The molecule has 1 rings (SSSR count). The van der Waals surface area contributed by atoms with Crippen LogP contribution in [0, 0.1) is 5.92 Å². The van der Waals surface area contributed by atoms with E-state index in [1.54, 1.807) is 0 Å². The van der Waals surface area contributed by atoms with E-state index < -0.39 is 16.1 Å². The third-order valence-corrected chi connectivity index (χ3v) is 5.19. The average Bonchev–Trinajstić information content (AvgIpc) is 2.38. The molecule has 0 radical (unpaired) electrons. The van der Waals surface area contributed by atoms with Gasteiger partial charge in [0.25, 0.3) is 0 Å². The van der Waals surface area contributed by atoms with Gasteiger partial charge in [0, 0.05) is 13.1 Å². The Morgan fingerprint density at radius 1 is 1.32 bits per heavy atom. The van der Waals surface area contributed by atoms with Crippen LogP contribution in [0.4, 0.5) is 0 Å². The van der Waals surface area contributed by atoms with Gasteiger partial charge in [-0.15, -0.1) is 0 Å². The molecule has 1 fully saturated rings. The van der Waals surface area contributed by atoms with Gasteiger partial charge >= 0.3 is 0 Å². The molecular formula is C13H26N2O3S. The van der Waals surface area contributed by atoms with Crippen molar-refractivity contribution in [3.8, 4) is 0 Å². The standard InChI is InChI=1S/C13H26N2O3S/c1-4-11(5-2)10-14-13(16)12-8-6-7-9-15(12)19(3,17)18/h11-12H,4-10H2,1-3H3,(H,14,16). The highest BCUT2D eigenvalue weighted by atomic mass is 32.2. The van der Waals surface area contributed by atoms with E-state index in [1.807, 2.05) is 0 Å². The van der Waals surface area contributed by atoms with E-state index in [1.165, 1.54) is 10.6 Å². The number of piperidine rings is 1. The lowest BCUT2D eigenvalue weighted by molar-refractivity contribution is -0.125. The van der Waals surface area contributed by atoms with Crippen molar-refractivity contribution in [1.82, 2.24) is 9.62 Å². The fourth-order valence-electron chi connectivity index (χ4n) is 2.50. The van der Waals surface area contributed by atoms with Crippen LogP contribution in [0.1, 0.15) is 46.0 Å². The summed E-state index contributed by atoms with van der Waals surface area (Å²) in [7, 11) is -3.30. The summed E-state index contributed by atoms with van der Waals surface area (Å²) < 4.78 is 24.7. The Morgan fingerprint density at radius 2 is 1.95 bits per heavy atom. The van der Waals surface area contributed by atoms with Crippen LogP contribution in [0.25, 0.3) is 0 Å². The number of amides is 1. The Morgan fingerprint density at radius 3 is 2.47 bits per heavy atom. The minimum atomic E-state index is -3.30. The molecule has 1 aliphatic heterocycles. The van der Waals surface area contributed by atoms with Crippen LogP contribution < -0.4 is 5.32 Å². The summed E-state index contributed by atoms with van der Waals surface area (Å²) in [5.41, 5.74) is 0. The number of nitrogens with one attached hydrogen (secondary N) is 1. The molecule has 0 aromatic heterocycles. The molecule has 0 spiro atoms. The number of carbonyl (C=O) groups is 1. The van der Waals surface area contributed by atoms with Crippen LogP contribution in [0.15, 0.2) is 0 Å². The van der Waals surface area contributed by atoms with Gasteiger partial charge in [-0.1, -0.05) is 33.1 Å².